The summed E-state index contributed by atoms with van der Waals surface area (Å²) in [5, 5.41) is 0.773. The molecule has 2 heterocycles. The highest BCUT2D eigenvalue weighted by molar-refractivity contribution is 7.91. The third-order valence-electron chi connectivity index (χ3n) is 3.95. The van der Waals surface area contributed by atoms with E-state index in [0.29, 0.717) is 13.0 Å². The molecule has 1 unspecified atom stereocenters. The SMILES string of the molecule is CCN(C(=O)/C=C/c1nc2ccccc2s1)C1CCS(=O)(=O)C1. The summed E-state index contributed by atoms with van der Waals surface area (Å²) in [6, 6.07) is 7.61. The van der Waals surface area contributed by atoms with E-state index in [0.717, 1.165) is 15.2 Å². The van der Waals surface area contributed by atoms with Crippen LogP contribution >= 0.6 is 11.3 Å². The lowest BCUT2D eigenvalue weighted by molar-refractivity contribution is -0.127. The molecule has 1 atom stereocenters. The highest BCUT2D eigenvalue weighted by Crippen LogP contribution is 2.23. The summed E-state index contributed by atoms with van der Waals surface area (Å²) in [5.41, 5.74) is 0.916. The molecule has 2 aromatic rings. The van der Waals surface area contributed by atoms with Gasteiger partial charge >= 0.3 is 0 Å². The molecule has 1 aliphatic heterocycles. The van der Waals surface area contributed by atoms with Crippen molar-refractivity contribution in [3.05, 3.63) is 35.3 Å². The Morgan fingerprint density at radius 2 is 2.22 bits per heavy atom. The number of para-hydroxylation sites is 1. The molecule has 0 saturated carbocycles. The first-order valence-electron chi connectivity index (χ1n) is 7.53. The number of hydrogen-bond acceptors (Lipinski definition) is 5. The molecule has 0 spiro atoms. The molecule has 1 aromatic carbocycles. The lowest BCUT2D eigenvalue weighted by Gasteiger charge is -2.25. The van der Waals surface area contributed by atoms with Crippen molar-refractivity contribution in [3.8, 4) is 0 Å². The Balaban J connectivity index is 1.74. The third kappa shape index (κ3) is 3.61. The van der Waals surface area contributed by atoms with Gasteiger partial charge in [0.25, 0.3) is 0 Å². The van der Waals surface area contributed by atoms with Crippen LogP contribution in [0.15, 0.2) is 30.3 Å². The predicted molar refractivity (Wildman–Crippen MR) is 93.1 cm³/mol. The van der Waals surface area contributed by atoms with Crippen LogP contribution in [0.1, 0.15) is 18.4 Å². The molecule has 0 bridgehead atoms. The van der Waals surface area contributed by atoms with E-state index in [4.69, 9.17) is 0 Å². The maximum atomic E-state index is 12.4. The van der Waals surface area contributed by atoms with E-state index < -0.39 is 9.84 Å². The molecule has 1 aliphatic rings. The average Bonchev–Trinajstić information content (AvgIpc) is 3.08. The summed E-state index contributed by atoms with van der Waals surface area (Å²) in [5.74, 6) is 0.0822. The number of carbonyl (C=O) groups excluding carboxylic acids is 1. The van der Waals surface area contributed by atoms with Crippen molar-refractivity contribution < 1.29 is 13.2 Å². The zero-order valence-corrected chi connectivity index (χ0v) is 14.4. The van der Waals surface area contributed by atoms with Crippen LogP contribution in [-0.4, -0.2) is 48.3 Å². The summed E-state index contributed by atoms with van der Waals surface area (Å²) in [6.45, 7) is 2.37. The number of likely N-dealkylation sites (N-methyl/N-ethyl adjacent to an activating group) is 1. The molecule has 1 saturated heterocycles. The predicted octanol–water partition coefficient (Wildman–Crippen LogP) is 2.35. The summed E-state index contributed by atoms with van der Waals surface area (Å²) in [4.78, 5) is 18.5. The van der Waals surface area contributed by atoms with Crippen molar-refractivity contribution in [2.45, 2.75) is 19.4 Å². The van der Waals surface area contributed by atoms with Gasteiger partial charge in [-0.15, -0.1) is 11.3 Å². The Morgan fingerprint density at radius 3 is 2.87 bits per heavy atom. The molecule has 7 heteroatoms. The van der Waals surface area contributed by atoms with Gasteiger partial charge in [0, 0.05) is 18.7 Å². The second-order valence-corrected chi connectivity index (χ2v) is 8.83. The second-order valence-electron chi connectivity index (χ2n) is 5.53. The number of benzene rings is 1. The van der Waals surface area contributed by atoms with Crippen molar-refractivity contribution in [2.75, 3.05) is 18.1 Å². The Bertz CT molecular complexity index is 822. The van der Waals surface area contributed by atoms with Crippen LogP contribution in [0.5, 0.6) is 0 Å². The zero-order chi connectivity index (χ0) is 16.4. The third-order valence-corrected chi connectivity index (χ3v) is 6.70. The Hall–Kier alpha value is -1.73. The molecule has 1 amide bonds. The van der Waals surface area contributed by atoms with Gasteiger partial charge in [0.2, 0.25) is 5.91 Å². The van der Waals surface area contributed by atoms with E-state index in [2.05, 4.69) is 4.98 Å². The number of rotatable bonds is 4. The fourth-order valence-corrected chi connectivity index (χ4v) is 5.42. The Labute approximate surface area is 139 Å². The van der Waals surface area contributed by atoms with Crippen LogP contribution < -0.4 is 0 Å². The summed E-state index contributed by atoms with van der Waals surface area (Å²) in [6.07, 6.45) is 3.72. The minimum Gasteiger partial charge on any atom is -0.335 e. The van der Waals surface area contributed by atoms with Gasteiger partial charge in [0.15, 0.2) is 9.84 Å². The molecule has 23 heavy (non-hydrogen) atoms. The minimum atomic E-state index is -3.00. The number of amides is 1. The topological polar surface area (TPSA) is 67.3 Å². The fraction of sp³-hybridized carbons (Fsp3) is 0.375. The van der Waals surface area contributed by atoms with E-state index in [-0.39, 0.29) is 23.5 Å². The first kappa shape index (κ1) is 16.1. The highest BCUT2D eigenvalue weighted by atomic mass is 32.2. The van der Waals surface area contributed by atoms with Crippen molar-refractivity contribution in [3.63, 3.8) is 0 Å². The molecule has 3 rings (SSSR count). The van der Waals surface area contributed by atoms with Crippen molar-refractivity contribution in [1.29, 1.82) is 0 Å². The molecule has 1 fully saturated rings. The molecule has 0 radical (unpaired) electrons. The maximum absolute atomic E-state index is 12.4. The molecule has 122 valence electrons. The van der Waals surface area contributed by atoms with E-state index in [1.807, 2.05) is 31.2 Å². The van der Waals surface area contributed by atoms with Crippen LogP contribution in [-0.2, 0) is 14.6 Å². The summed E-state index contributed by atoms with van der Waals surface area (Å²) < 4.78 is 24.3. The van der Waals surface area contributed by atoms with Crippen molar-refractivity contribution in [2.24, 2.45) is 0 Å². The number of sulfone groups is 1. The van der Waals surface area contributed by atoms with Gasteiger partial charge in [-0.3, -0.25) is 4.79 Å². The summed E-state index contributed by atoms with van der Waals surface area (Å²) >= 11 is 1.53. The van der Waals surface area contributed by atoms with E-state index >= 15 is 0 Å². The number of nitrogens with zero attached hydrogens (tertiary/aromatic N) is 2. The number of hydrogen-bond donors (Lipinski definition) is 0. The van der Waals surface area contributed by atoms with Crippen molar-refractivity contribution >= 4 is 43.4 Å². The van der Waals surface area contributed by atoms with E-state index in [1.54, 1.807) is 11.0 Å². The summed E-state index contributed by atoms with van der Waals surface area (Å²) in [7, 11) is -3.00. The standard InChI is InChI=1S/C16H18N2O3S2/c1-2-18(12-9-10-23(20,21)11-12)16(19)8-7-15-17-13-5-3-4-6-14(13)22-15/h3-8,12H,2,9-11H2,1H3/b8-7+. The van der Waals surface area contributed by atoms with Crippen LogP contribution in [0.3, 0.4) is 0 Å². The lowest BCUT2D eigenvalue weighted by Crippen LogP contribution is -2.40. The normalized spacial score (nSPS) is 20.3. The smallest absolute Gasteiger partial charge is 0.246 e. The monoisotopic (exact) mass is 350 g/mol. The van der Waals surface area contributed by atoms with Gasteiger partial charge in [-0.2, -0.15) is 0 Å². The number of thiazole rings is 1. The lowest BCUT2D eigenvalue weighted by atomic mass is 10.2. The molecule has 1 aromatic heterocycles. The Morgan fingerprint density at radius 1 is 1.43 bits per heavy atom. The Kier molecular flexibility index (Phi) is 4.50. The number of aromatic nitrogens is 1. The second kappa shape index (κ2) is 6.41. The molecular formula is C16H18N2O3S2. The van der Waals surface area contributed by atoms with Gasteiger partial charge in [0.1, 0.15) is 5.01 Å². The van der Waals surface area contributed by atoms with Crippen LogP contribution in [0.25, 0.3) is 16.3 Å². The van der Waals surface area contributed by atoms with Crippen LogP contribution in [0.2, 0.25) is 0 Å². The van der Waals surface area contributed by atoms with Gasteiger partial charge in [-0.1, -0.05) is 12.1 Å². The van der Waals surface area contributed by atoms with Gasteiger partial charge < -0.3 is 4.90 Å². The minimum absolute atomic E-state index is 0.0710. The number of carbonyl (C=O) groups is 1. The molecule has 5 nitrogen and oxygen atoms in total. The quantitative estimate of drug-likeness (QED) is 0.794. The average molecular weight is 350 g/mol. The first-order valence-corrected chi connectivity index (χ1v) is 10.2. The van der Waals surface area contributed by atoms with Crippen LogP contribution in [0.4, 0.5) is 0 Å². The maximum Gasteiger partial charge on any atom is 0.246 e. The molecular weight excluding hydrogens is 332 g/mol. The van der Waals surface area contributed by atoms with Gasteiger partial charge in [0.05, 0.1) is 21.7 Å². The van der Waals surface area contributed by atoms with Crippen molar-refractivity contribution in [1.82, 2.24) is 9.88 Å². The zero-order valence-electron chi connectivity index (χ0n) is 12.8. The molecule has 0 aliphatic carbocycles. The number of fused-ring (bicyclic) bond motifs is 1. The van der Waals surface area contributed by atoms with E-state index in [1.165, 1.54) is 17.4 Å². The van der Waals surface area contributed by atoms with Crippen LogP contribution in [0, 0.1) is 0 Å². The fourth-order valence-electron chi connectivity index (χ4n) is 2.81. The van der Waals surface area contributed by atoms with Gasteiger partial charge in [-0.25, -0.2) is 13.4 Å². The highest BCUT2D eigenvalue weighted by Gasteiger charge is 2.33. The first-order chi connectivity index (χ1) is 11.0. The molecule has 0 N–H and O–H groups in total. The van der Waals surface area contributed by atoms with E-state index in [9.17, 15) is 13.2 Å². The van der Waals surface area contributed by atoms with Gasteiger partial charge in [-0.05, 0) is 31.6 Å². The largest absolute Gasteiger partial charge is 0.335 e.